The molecule has 0 radical (unpaired) electrons. The van der Waals surface area contributed by atoms with E-state index in [1.807, 2.05) is 25.1 Å². The molecule has 1 amide bonds. The van der Waals surface area contributed by atoms with E-state index < -0.39 is 17.3 Å². The van der Waals surface area contributed by atoms with Crippen molar-refractivity contribution in [2.75, 3.05) is 20.2 Å². The van der Waals surface area contributed by atoms with Gasteiger partial charge in [0.25, 0.3) is 0 Å². The highest BCUT2D eigenvalue weighted by Crippen LogP contribution is 2.51. The number of hydrogen-bond donors (Lipinski definition) is 1. The van der Waals surface area contributed by atoms with Crippen LogP contribution in [-0.2, 0) is 15.0 Å². The lowest BCUT2D eigenvalue weighted by molar-refractivity contribution is -0.141. The van der Waals surface area contributed by atoms with E-state index in [-0.39, 0.29) is 18.3 Å². The van der Waals surface area contributed by atoms with Gasteiger partial charge in [-0.1, -0.05) is 12.1 Å². The maximum Gasteiger partial charge on any atom is 0.308 e. The quantitative estimate of drug-likeness (QED) is 0.914. The van der Waals surface area contributed by atoms with E-state index in [0.29, 0.717) is 19.5 Å². The molecule has 1 unspecified atom stereocenters. The van der Waals surface area contributed by atoms with E-state index in [1.165, 1.54) is 0 Å². The Morgan fingerprint density at radius 3 is 2.57 bits per heavy atom. The van der Waals surface area contributed by atoms with Crippen LogP contribution in [0.5, 0.6) is 5.75 Å². The first-order valence-electron chi connectivity index (χ1n) is 7.65. The molecular formula is C17H22ClNO4. The highest BCUT2D eigenvalue weighted by Gasteiger charge is 2.54. The van der Waals surface area contributed by atoms with Crippen molar-refractivity contribution in [1.82, 2.24) is 4.90 Å². The summed E-state index contributed by atoms with van der Waals surface area (Å²) in [6, 6.07) is 5.92. The van der Waals surface area contributed by atoms with Gasteiger partial charge in [0, 0.05) is 13.1 Å². The van der Waals surface area contributed by atoms with Crippen LogP contribution in [0.1, 0.15) is 30.4 Å². The number of methoxy groups -OCH3 is 1. The topological polar surface area (TPSA) is 66.8 Å². The molecule has 23 heavy (non-hydrogen) atoms. The number of carboxylic acids is 1. The maximum absolute atomic E-state index is 12.9. The summed E-state index contributed by atoms with van der Waals surface area (Å²) in [5.74, 6) is -0.368. The maximum atomic E-state index is 12.9. The molecule has 5 nitrogen and oxygen atoms in total. The van der Waals surface area contributed by atoms with E-state index in [0.717, 1.165) is 29.7 Å². The molecule has 1 aliphatic heterocycles. The molecule has 1 aromatic carbocycles. The van der Waals surface area contributed by atoms with Crippen molar-refractivity contribution >= 4 is 24.3 Å². The average molecular weight is 340 g/mol. The number of hydrogen-bond acceptors (Lipinski definition) is 3. The van der Waals surface area contributed by atoms with E-state index in [4.69, 9.17) is 9.84 Å². The SMILES string of the molecule is COc1cc(C2(C(=O)N3CCC(C(=O)O)C3)CC2)ccc1C.Cl. The molecule has 1 N–H and O–H groups in total. The number of aliphatic carboxylic acids is 1. The number of benzene rings is 1. The third-order valence-corrected chi connectivity index (χ3v) is 4.94. The first kappa shape index (κ1) is 17.6. The number of carboxylic acid groups (broad SMARTS) is 1. The summed E-state index contributed by atoms with van der Waals surface area (Å²) in [5.41, 5.74) is 1.56. The van der Waals surface area contributed by atoms with Crippen LogP contribution in [0.25, 0.3) is 0 Å². The predicted octanol–water partition coefficient (Wildman–Crippen LogP) is 2.39. The first-order chi connectivity index (χ1) is 10.5. The largest absolute Gasteiger partial charge is 0.496 e. The fourth-order valence-electron chi connectivity index (χ4n) is 3.32. The van der Waals surface area contributed by atoms with Crippen molar-refractivity contribution < 1.29 is 19.4 Å². The number of likely N-dealkylation sites (tertiary alicyclic amines) is 1. The van der Waals surface area contributed by atoms with Crippen LogP contribution in [-0.4, -0.2) is 42.1 Å². The van der Waals surface area contributed by atoms with Crippen molar-refractivity contribution in [3.05, 3.63) is 29.3 Å². The highest BCUT2D eigenvalue weighted by molar-refractivity contribution is 5.92. The van der Waals surface area contributed by atoms with Crippen molar-refractivity contribution in [1.29, 1.82) is 0 Å². The third kappa shape index (κ3) is 3.02. The Labute approximate surface area is 142 Å². The van der Waals surface area contributed by atoms with E-state index in [9.17, 15) is 9.59 Å². The molecule has 1 aromatic rings. The minimum absolute atomic E-state index is 0. The summed E-state index contributed by atoms with van der Waals surface area (Å²) in [4.78, 5) is 25.7. The fourth-order valence-corrected chi connectivity index (χ4v) is 3.32. The van der Waals surface area contributed by atoms with Crippen molar-refractivity contribution in [3.8, 4) is 5.75 Å². The van der Waals surface area contributed by atoms with Gasteiger partial charge in [-0.2, -0.15) is 0 Å². The van der Waals surface area contributed by atoms with Gasteiger partial charge in [0.1, 0.15) is 5.75 Å². The molecule has 1 aliphatic carbocycles. The van der Waals surface area contributed by atoms with Crippen LogP contribution in [0.4, 0.5) is 0 Å². The van der Waals surface area contributed by atoms with Gasteiger partial charge < -0.3 is 14.7 Å². The summed E-state index contributed by atoms with van der Waals surface area (Å²) in [6.45, 7) is 2.85. The summed E-state index contributed by atoms with van der Waals surface area (Å²) >= 11 is 0. The Morgan fingerprint density at radius 1 is 1.35 bits per heavy atom. The summed E-state index contributed by atoms with van der Waals surface area (Å²) in [6.07, 6.45) is 2.20. The fraction of sp³-hybridized carbons (Fsp3) is 0.529. The Hall–Kier alpha value is -1.75. The number of carbonyl (C=O) groups is 2. The predicted molar refractivity (Wildman–Crippen MR) is 88.2 cm³/mol. The molecule has 2 fully saturated rings. The van der Waals surface area contributed by atoms with E-state index >= 15 is 0 Å². The summed E-state index contributed by atoms with van der Waals surface area (Å²) in [7, 11) is 1.63. The number of amides is 1. The second kappa shape index (κ2) is 6.40. The van der Waals surface area contributed by atoms with Gasteiger partial charge >= 0.3 is 5.97 Å². The van der Waals surface area contributed by atoms with Gasteiger partial charge in [0.05, 0.1) is 18.4 Å². The average Bonchev–Trinajstić information content (AvgIpc) is 3.16. The van der Waals surface area contributed by atoms with Crippen LogP contribution >= 0.6 is 12.4 Å². The number of nitrogens with zero attached hydrogens (tertiary/aromatic N) is 1. The highest BCUT2D eigenvalue weighted by atomic mass is 35.5. The van der Waals surface area contributed by atoms with Crippen LogP contribution in [0.2, 0.25) is 0 Å². The molecule has 3 rings (SSSR count). The number of rotatable bonds is 4. The second-order valence-corrected chi connectivity index (χ2v) is 6.34. The summed E-state index contributed by atoms with van der Waals surface area (Å²) in [5, 5.41) is 9.09. The molecule has 6 heteroatoms. The van der Waals surface area contributed by atoms with Gasteiger partial charge in [0.2, 0.25) is 5.91 Å². The molecule has 126 valence electrons. The van der Waals surface area contributed by atoms with Gasteiger partial charge in [-0.15, -0.1) is 12.4 Å². The lowest BCUT2D eigenvalue weighted by Gasteiger charge is -2.24. The molecule has 0 aromatic heterocycles. The molecule has 1 heterocycles. The first-order valence-corrected chi connectivity index (χ1v) is 7.65. The molecular weight excluding hydrogens is 318 g/mol. The number of carbonyl (C=O) groups excluding carboxylic acids is 1. The normalized spacial score (nSPS) is 21.5. The lowest BCUT2D eigenvalue weighted by Crippen LogP contribution is -2.38. The zero-order valence-electron chi connectivity index (χ0n) is 13.4. The van der Waals surface area contributed by atoms with Crippen LogP contribution in [0, 0.1) is 12.8 Å². The Balaban J connectivity index is 0.00000192. The Bertz CT molecular complexity index is 627. The van der Waals surface area contributed by atoms with Crippen molar-refractivity contribution in [2.45, 2.75) is 31.6 Å². The monoisotopic (exact) mass is 339 g/mol. The Kier molecular flexibility index (Phi) is 4.90. The van der Waals surface area contributed by atoms with E-state index in [1.54, 1.807) is 12.0 Å². The summed E-state index contributed by atoms with van der Waals surface area (Å²) < 4.78 is 5.36. The molecule has 0 bridgehead atoms. The van der Waals surface area contributed by atoms with Crippen LogP contribution in [0.3, 0.4) is 0 Å². The zero-order chi connectivity index (χ0) is 15.9. The lowest BCUT2D eigenvalue weighted by atomic mass is 9.93. The standard InChI is InChI=1S/C17H21NO4.ClH/c1-11-3-4-13(9-14(11)22-2)17(6-7-17)16(21)18-8-5-12(10-18)15(19)20;/h3-4,9,12H,5-8,10H2,1-2H3,(H,19,20);1H. The van der Waals surface area contributed by atoms with E-state index in [2.05, 4.69) is 0 Å². The third-order valence-electron chi connectivity index (χ3n) is 4.94. The van der Waals surface area contributed by atoms with Crippen molar-refractivity contribution in [3.63, 3.8) is 0 Å². The van der Waals surface area contributed by atoms with Crippen LogP contribution in [0.15, 0.2) is 18.2 Å². The molecule has 2 aliphatic rings. The minimum atomic E-state index is -0.808. The minimum Gasteiger partial charge on any atom is -0.496 e. The molecule has 1 saturated carbocycles. The molecule has 0 spiro atoms. The van der Waals surface area contributed by atoms with Crippen molar-refractivity contribution in [2.24, 2.45) is 5.92 Å². The number of ether oxygens (including phenoxy) is 1. The van der Waals surface area contributed by atoms with Gasteiger partial charge in [0.15, 0.2) is 0 Å². The van der Waals surface area contributed by atoms with Gasteiger partial charge in [-0.3, -0.25) is 9.59 Å². The Morgan fingerprint density at radius 2 is 2.04 bits per heavy atom. The number of halogens is 1. The van der Waals surface area contributed by atoms with Gasteiger partial charge in [-0.25, -0.2) is 0 Å². The number of aryl methyl sites for hydroxylation is 1. The van der Waals surface area contributed by atoms with Crippen LogP contribution < -0.4 is 4.74 Å². The molecule has 1 atom stereocenters. The van der Waals surface area contributed by atoms with Gasteiger partial charge in [-0.05, 0) is 43.4 Å². The zero-order valence-corrected chi connectivity index (χ0v) is 14.2. The molecule has 1 saturated heterocycles. The second-order valence-electron chi connectivity index (χ2n) is 6.34. The smallest absolute Gasteiger partial charge is 0.308 e.